The van der Waals surface area contributed by atoms with Crippen molar-refractivity contribution < 1.29 is 19.7 Å². The van der Waals surface area contributed by atoms with E-state index in [-0.39, 0.29) is 34.6 Å². The fourth-order valence-corrected chi connectivity index (χ4v) is 11.0. The smallest absolute Gasteiger partial charge is 0.148 e. The Bertz CT molecular complexity index is 779. The molecule has 5 aliphatic carbocycles. The van der Waals surface area contributed by atoms with Crippen molar-refractivity contribution in [3.8, 4) is 0 Å². The number of ether oxygens (including phenoxy) is 1. The second-order valence-electron chi connectivity index (χ2n) is 13.7. The highest BCUT2D eigenvalue weighted by Gasteiger charge is 2.83. The quantitative estimate of drug-likeness (QED) is 0.584. The largest absolute Gasteiger partial charge is 0.393 e. The average Bonchev–Trinajstić information content (AvgIpc) is 3.37. The zero-order valence-electron chi connectivity index (χ0n) is 21.2. The summed E-state index contributed by atoms with van der Waals surface area (Å²) in [7, 11) is 1.62. The third-order valence-corrected chi connectivity index (χ3v) is 13.0. The maximum atomic E-state index is 11.7. The van der Waals surface area contributed by atoms with Crippen molar-refractivity contribution in [1.29, 1.82) is 0 Å². The Morgan fingerprint density at radius 2 is 1.62 bits per heavy atom. The van der Waals surface area contributed by atoms with Crippen LogP contribution in [0.5, 0.6) is 0 Å². The molecule has 4 heteroatoms. The molecule has 0 heterocycles. The fraction of sp³-hybridized carbons (Fsp3) is 0.964. The average molecular weight is 447 g/mol. The molecule has 0 amide bonds. The molecule has 0 aromatic rings. The summed E-state index contributed by atoms with van der Waals surface area (Å²) in [6, 6.07) is 0. The Labute approximate surface area is 194 Å². The van der Waals surface area contributed by atoms with Crippen LogP contribution in [0.1, 0.15) is 92.4 Å². The van der Waals surface area contributed by atoms with Gasteiger partial charge in [0.15, 0.2) is 0 Å². The van der Waals surface area contributed by atoms with Crippen molar-refractivity contribution >= 4 is 6.29 Å². The topological polar surface area (TPSA) is 66.8 Å². The second-order valence-corrected chi connectivity index (χ2v) is 13.7. The summed E-state index contributed by atoms with van der Waals surface area (Å²) in [6.07, 6.45) is 10.1. The molecule has 5 aliphatic rings. The minimum Gasteiger partial charge on any atom is -0.393 e. The van der Waals surface area contributed by atoms with Gasteiger partial charge in [-0.1, -0.05) is 34.6 Å². The molecule has 0 radical (unpaired) electrons. The lowest BCUT2D eigenvalue weighted by Gasteiger charge is -2.63. The van der Waals surface area contributed by atoms with Crippen LogP contribution in [-0.4, -0.2) is 41.9 Å². The van der Waals surface area contributed by atoms with Crippen LogP contribution in [0.15, 0.2) is 0 Å². The van der Waals surface area contributed by atoms with Gasteiger partial charge in [0.25, 0.3) is 0 Å². The second kappa shape index (κ2) is 7.04. The summed E-state index contributed by atoms with van der Waals surface area (Å²) in [5.74, 6) is 1.97. The van der Waals surface area contributed by atoms with Gasteiger partial charge in [0.05, 0.1) is 12.2 Å². The summed E-state index contributed by atoms with van der Waals surface area (Å²) in [5, 5.41) is 22.5. The van der Waals surface area contributed by atoms with Gasteiger partial charge in [0.2, 0.25) is 0 Å². The van der Waals surface area contributed by atoms with Crippen LogP contribution in [0, 0.1) is 50.7 Å². The van der Waals surface area contributed by atoms with Crippen LogP contribution in [0.2, 0.25) is 0 Å². The number of fused-ring (bicyclic) bond motifs is 2. The van der Waals surface area contributed by atoms with Gasteiger partial charge in [-0.3, -0.25) is 0 Å². The Morgan fingerprint density at radius 1 is 0.969 bits per heavy atom. The molecular formula is C28H46O4. The first-order valence-electron chi connectivity index (χ1n) is 13.3. The van der Waals surface area contributed by atoms with Gasteiger partial charge in [0, 0.05) is 12.5 Å². The molecule has 5 fully saturated rings. The van der Waals surface area contributed by atoms with E-state index in [1.807, 2.05) is 0 Å². The van der Waals surface area contributed by atoms with Gasteiger partial charge >= 0.3 is 0 Å². The molecule has 5 rings (SSSR count). The summed E-state index contributed by atoms with van der Waals surface area (Å²) in [6.45, 7) is 11.8. The zero-order chi connectivity index (χ0) is 23.3. The first kappa shape index (κ1) is 23.3. The molecule has 0 aromatic carbocycles. The summed E-state index contributed by atoms with van der Waals surface area (Å²) >= 11 is 0. The van der Waals surface area contributed by atoms with E-state index >= 15 is 0 Å². The molecule has 0 aromatic heterocycles. The highest BCUT2D eigenvalue weighted by molar-refractivity contribution is 5.55. The Kier molecular flexibility index (Phi) is 5.13. The van der Waals surface area contributed by atoms with Crippen molar-refractivity contribution in [2.75, 3.05) is 7.11 Å². The maximum Gasteiger partial charge on any atom is 0.148 e. The molecule has 11 atom stereocenters. The number of hydrogen-bond acceptors (Lipinski definition) is 4. The lowest BCUT2D eigenvalue weighted by Crippen LogP contribution is -2.59. The molecule has 0 bridgehead atoms. The molecule has 2 spiro atoms. The fourth-order valence-electron chi connectivity index (χ4n) is 11.0. The molecule has 0 saturated heterocycles. The monoisotopic (exact) mass is 446 g/mol. The number of aliphatic hydroxyl groups is 2. The summed E-state index contributed by atoms with van der Waals surface area (Å²) < 4.78 is 5.39. The number of hydrogen-bond donors (Lipinski definition) is 2. The molecular weight excluding hydrogens is 400 g/mol. The van der Waals surface area contributed by atoms with Crippen molar-refractivity contribution in [3.05, 3.63) is 0 Å². The van der Waals surface area contributed by atoms with E-state index in [0.717, 1.165) is 25.5 Å². The van der Waals surface area contributed by atoms with E-state index in [1.54, 1.807) is 7.11 Å². The van der Waals surface area contributed by atoms with Crippen LogP contribution in [0.25, 0.3) is 0 Å². The molecule has 32 heavy (non-hydrogen) atoms. The van der Waals surface area contributed by atoms with Gasteiger partial charge in [-0.25, -0.2) is 0 Å². The lowest BCUT2D eigenvalue weighted by atomic mass is 9.41. The predicted octanol–water partition coefficient (Wildman–Crippen LogP) is 5.00. The van der Waals surface area contributed by atoms with Crippen molar-refractivity contribution in [2.45, 2.75) is 111 Å². The summed E-state index contributed by atoms with van der Waals surface area (Å²) in [4.78, 5) is 11.4. The predicted molar refractivity (Wildman–Crippen MR) is 125 cm³/mol. The van der Waals surface area contributed by atoms with Crippen LogP contribution in [-0.2, 0) is 9.53 Å². The number of methoxy groups -OCH3 is 1. The van der Waals surface area contributed by atoms with E-state index in [2.05, 4.69) is 34.6 Å². The van der Waals surface area contributed by atoms with Crippen LogP contribution in [0.4, 0.5) is 0 Å². The van der Waals surface area contributed by atoms with E-state index in [9.17, 15) is 15.0 Å². The van der Waals surface area contributed by atoms with Crippen molar-refractivity contribution in [2.24, 2.45) is 50.7 Å². The van der Waals surface area contributed by atoms with E-state index in [1.165, 1.54) is 38.5 Å². The first-order valence-corrected chi connectivity index (χ1v) is 13.3. The Balaban J connectivity index is 1.47. The molecule has 0 aliphatic heterocycles. The van der Waals surface area contributed by atoms with Gasteiger partial charge in [-0.15, -0.1) is 0 Å². The van der Waals surface area contributed by atoms with Crippen LogP contribution < -0.4 is 0 Å². The van der Waals surface area contributed by atoms with Gasteiger partial charge in [-0.05, 0) is 103 Å². The molecule has 2 N–H and O–H groups in total. The number of aliphatic hydroxyl groups excluding tert-OH is 2. The molecule has 5 saturated carbocycles. The van der Waals surface area contributed by atoms with E-state index in [0.29, 0.717) is 34.5 Å². The minimum absolute atomic E-state index is 0.00368. The standard InChI is InChI=1S/C28H46O4/c1-17(13-18(15-29)32-6)19-14-23(31)26(5)21-8-7-20-24(2,3)22(30)9-10-27(20)16-28(21,27)12-11-25(19,26)4/h15,17-23,30-31H,7-14,16H2,1-6H3/t17-,18?,19-,20?,21?,22+,23+,25-,26-,27-,28?/m1/s1. The Hall–Kier alpha value is -0.450. The number of aldehydes is 1. The third kappa shape index (κ3) is 2.53. The SMILES string of the molecule is COC(C=O)C[C@@H](C)[C@H]1C[C@H](O)[C@@]2(C)C3CCC4C(C)(C)[C@@H](O)CC[C@@]45CC35CC[C@]12C. The minimum atomic E-state index is -0.342. The summed E-state index contributed by atoms with van der Waals surface area (Å²) in [5.41, 5.74) is 0.805. The number of carbonyl (C=O) groups excluding carboxylic acids is 1. The van der Waals surface area contributed by atoms with Gasteiger partial charge < -0.3 is 19.7 Å². The third-order valence-electron chi connectivity index (χ3n) is 13.0. The molecule has 4 unspecified atom stereocenters. The Morgan fingerprint density at radius 3 is 2.28 bits per heavy atom. The van der Waals surface area contributed by atoms with E-state index in [4.69, 9.17) is 4.74 Å². The van der Waals surface area contributed by atoms with Gasteiger partial charge in [0.1, 0.15) is 12.4 Å². The van der Waals surface area contributed by atoms with Gasteiger partial charge in [-0.2, -0.15) is 0 Å². The van der Waals surface area contributed by atoms with Crippen molar-refractivity contribution in [1.82, 2.24) is 0 Å². The van der Waals surface area contributed by atoms with Crippen LogP contribution in [0.3, 0.4) is 0 Å². The highest BCUT2D eigenvalue weighted by atomic mass is 16.5. The van der Waals surface area contributed by atoms with E-state index < -0.39 is 0 Å². The maximum absolute atomic E-state index is 11.7. The highest BCUT2D eigenvalue weighted by Crippen LogP contribution is 2.89. The number of rotatable bonds is 5. The normalized spacial score (nSPS) is 55.1. The van der Waals surface area contributed by atoms with Crippen molar-refractivity contribution in [3.63, 3.8) is 0 Å². The zero-order valence-corrected chi connectivity index (χ0v) is 21.2. The molecule has 4 nitrogen and oxygen atoms in total. The number of carbonyl (C=O) groups is 1. The van der Waals surface area contributed by atoms with Crippen LogP contribution >= 0.6 is 0 Å². The first-order chi connectivity index (χ1) is 14.9. The molecule has 182 valence electrons. The lowest BCUT2D eigenvalue weighted by molar-refractivity contribution is -0.182.